The molecule has 0 fully saturated rings. The van der Waals surface area contributed by atoms with Crippen molar-refractivity contribution in [2.24, 2.45) is 0 Å². The number of carbonyl (C=O) groups is 3. The Hall–Kier alpha value is -2.77. The summed E-state index contributed by atoms with van der Waals surface area (Å²) in [6.45, 7) is 11.2. The molecule has 2 unspecified atom stereocenters. The normalized spacial score (nSPS) is 13.0. The average Bonchev–Trinajstić information content (AvgIpc) is 2.71. The van der Waals surface area contributed by atoms with E-state index in [9.17, 15) is 19.5 Å². The van der Waals surface area contributed by atoms with Gasteiger partial charge in [-0.25, -0.2) is 4.79 Å². The molecular weight excluding hydrogens is 422 g/mol. The van der Waals surface area contributed by atoms with E-state index in [0.717, 1.165) is 25.7 Å². The third kappa shape index (κ3) is 10.1. The highest BCUT2D eigenvalue weighted by molar-refractivity contribution is 5.91. The number of para-hydroxylation sites is 1. The molecule has 1 rings (SSSR count). The Morgan fingerprint density at radius 2 is 1.76 bits per heavy atom. The number of carbonyl (C=O) groups excluding carboxylic acids is 3. The molecular formula is C25H41N3O5. The molecule has 0 aliphatic rings. The number of nitrogens with zero attached hydrogens (tertiary/aromatic N) is 1. The maximum absolute atomic E-state index is 13.4. The van der Waals surface area contributed by atoms with Crippen molar-refractivity contribution in [1.29, 1.82) is 0 Å². The fraction of sp³-hybridized carbons (Fsp3) is 0.640. The minimum atomic E-state index is -1.02. The second kappa shape index (κ2) is 13.7. The number of phenols is 1. The predicted octanol–water partition coefficient (Wildman–Crippen LogP) is 4.28. The summed E-state index contributed by atoms with van der Waals surface area (Å²) < 4.78 is 5.22. The van der Waals surface area contributed by atoms with Crippen LogP contribution in [0, 0.1) is 0 Å². The van der Waals surface area contributed by atoms with Gasteiger partial charge in [-0.2, -0.15) is 0 Å². The number of hydrogen-bond donors (Lipinski definition) is 3. The van der Waals surface area contributed by atoms with Crippen LogP contribution >= 0.6 is 0 Å². The number of amides is 3. The highest BCUT2D eigenvalue weighted by atomic mass is 16.6. The van der Waals surface area contributed by atoms with Crippen LogP contribution in [0.5, 0.6) is 5.75 Å². The van der Waals surface area contributed by atoms with E-state index in [1.54, 1.807) is 39.0 Å². The lowest BCUT2D eigenvalue weighted by Crippen LogP contribution is -2.49. The third-order valence-corrected chi connectivity index (χ3v) is 5.01. The van der Waals surface area contributed by atoms with Gasteiger partial charge < -0.3 is 25.4 Å². The number of aromatic hydroxyl groups is 1. The molecule has 0 radical (unpaired) electrons. The molecule has 0 saturated heterocycles. The van der Waals surface area contributed by atoms with Crippen molar-refractivity contribution < 1.29 is 24.2 Å². The van der Waals surface area contributed by atoms with Crippen LogP contribution in [0.2, 0.25) is 0 Å². The lowest BCUT2D eigenvalue weighted by Gasteiger charge is -2.33. The highest BCUT2D eigenvalue weighted by Crippen LogP contribution is 2.29. The van der Waals surface area contributed by atoms with E-state index >= 15 is 0 Å². The lowest BCUT2D eigenvalue weighted by molar-refractivity contribution is -0.140. The van der Waals surface area contributed by atoms with Gasteiger partial charge in [-0.05, 0) is 46.6 Å². The number of nitrogens with one attached hydrogen (secondary N) is 2. The minimum absolute atomic E-state index is 0.0609. The van der Waals surface area contributed by atoms with Crippen LogP contribution in [0.3, 0.4) is 0 Å². The molecule has 1 aromatic carbocycles. The molecule has 0 bridgehead atoms. The maximum Gasteiger partial charge on any atom is 0.408 e. The summed E-state index contributed by atoms with van der Waals surface area (Å²) in [7, 11) is 0. The fourth-order valence-electron chi connectivity index (χ4n) is 3.49. The van der Waals surface area contributed by atoms with Gasteiger partial charge in [-0.15, -0.1) is 0 Å². The van der Waals surface area contributed by atoms with Crippen LogP contribution in [-0.4, -0.2) is 52.6 Å². The second-order valence-corrected chi connectivity index (χ2v) is 9.31. The molecule has 0 aromatic heterocycles. The fourth-order valence-corrected chi connectivity index (χ4v) is 3.49. The van der Waals surface area contributed by atoms with Gasteiger partial charge in [-0.1, -0.05) is 51.3 Å². The highest BCUT2D eigenvalue weighted by Gasteiger charge is 2.33. The molecule has 0 aliphatic carbocycles. The molecule has 8 nitrogen and oxygen atoms in total. The molecule has 33 heavy (non-hydrogen) atoms. The molecule has 1 aromatic rings. The Morgan fingerprint density at radius 1 is 1.09 bits per heavy atom. The van der Waals surface area contributed by atoms with Crippen molar-refractivity contribution >= 4 is 17.9 Å². The number of unbranched alkanes of at least 4 members (excludes halogenated alkanes) is 2. The Balaban J connectivity index is 3.21. The summed E-state index contributed by atoms with van der Waals surface area (Å²) in [5.74, 6) is -0.850. The van der Waals surface area contributed by atoms with Crippen LogP contribution < -0.4 is 10.6 Å². The Kier molecular flexibility index (Phi) is 11.7. The van der Waals surface area contributed by atoms with E-state index < -0.39 is 23.6 Å². The van der Waals surface area contributed by atoms with Crippen LogP contribution in [0.15, 0.2) is 24.3 Å². The molecule has 186 valence electrons. The molecule has 0 saturated carbocycles. The number of ether oxygens (including phenoxy) is 1. The predicted molar refractivity (Wildman–Crippen MR) is 129 cm³/mol. The zero-order valence-corrected chi connectivity index (χ0v) is 20.9. The van der Waals surface area contributed by atoms with Gasteiger partial charge in [0.05, 0.1) is 0 Å². The first kappa shape index (κ1) is 28.3. The number of rotatable bonds is 12. The molecule has 0 heterocycles. The average molecular weight is 464 g/mol. The smallest absolute Gasteiger partial charge is 0.408 e. The van der Waals surface area contributed by atoms with Gasteiger partial charge >= 0.3 is 6.09 Å². The van der Waals surface area contributed by atoms with E-state index in [0.29, 0.717) is 18.5 Å². The largest absolute Gasteiger partial charge is 0.508 e. The van der Waals surface area contributed by atoms with Crippen LogP contribution in [0.25, 0.3) is 0 Å². The quantitative estimate of drug-likeness (QED) is 0.401. The first-order chi connectivity index (χ1) is 15.5. The zero-order valence-electron chi connectivity index (χ0n) is 20.9. The van der Waals surface area contributed by atoms with Crippen LogP contribution in [0.4, 0.5) is 4.79 Å². The minimum Gasteiger partial charge on any atom is -0.508 e. The summed E-state index contributed by atoms with van der Waals surface area (Å²) in [5.41, 5.74) is -0.345. The van der Waals surface area contributed by atoms with Crippen LogP contribution in [0.1, 0.15) is 85.3 Å². The summed E-state index contributed by atoms with van der Waals surface area (Å²) in [6, 6.07) is 5.43. The monoisotopic (exact) mass is 463 g/mol. The van der Waals surface area contributed by atoms with E-state index in [4.69, 9.17) is 4.74 Å². The summed E-state index contributed by atoms with van der Waals surface area (Å²) in [5, 5.41) is 16.0. The Bertz CT molecular complexity index is 776. The van der Waals surface area contributed by atoms with Crippen molar-refractivity contribution in [2.75, 3.05) is 13.1 Å². The van der Waals surface area contributed by atoms with Gasteiger partial charge in [0.25, 0.3) is 0 Å². The van der Waals surface area contributed by atoms with E-state index in [-0.39, 0.29) is 24.2 Å². The van der Waals surface area contributed by atoms with Gasteiger partial charge in [0.1, 0.15) is 23.9 Å². The van der Waals surface area contributed by atoms with E-state index in [1.165, 1.54) is 11.0 Å². The molecule has 3 amide bonds. The zero-order chi connectivity index (χ0) is 25.0. The lowest BCUT2D eigenvalue weighted by atomic mass is 10.0. The van der Waals surface area contributed by atoms with Crippen molar-refractivity contribution in [1.82, 2.24) is 15.5 Å². The van der Waals surface area contributed by atoms with Gasteiger partial charge in [0.15, 0.2) is 0 Å². The Labute approximate surface area is 198 Å². The second-order valence-electron chi connectivity index (χ2n) is 9.31. The third-order valence-electron chi connectivity index (χ3n) is 5.01. The molecule has 0 aliphatic heterocycles. The molecule has 3 N–H and O–H groups in total. The van der Waals surface area contributed by atoms with Crippen LogP contribution in [-0.2, 0) is 14.3 Å². The summed E-state index contributed by atoms with van der Waals surface area (Å²) in [4.78, 5) is 40.1. The van der Waals surface area contributed by atoms with E-state index in [2.05, 4.69) is 17.6 Å². The SMILES string of the molecule is CCCCCN(C(=O)CNC(=O)OC(C)(C)C)C(C(=O)NC(C)CCC)c1ccccc1O. The molecule has 8 heteroatoms. The van der Waals surface area contributed by atoms with Crippen molar-refractivity contribution in [3.05, 3.63) is 29.8 Å². The first-order valence-corrected chi connectivity index (χ1v) is 11.8. The number of alkyl carbamates (subject to hydrolysis) is 1. The molecule has 2 atom stereocenters. The van der Waals surface area contributed by atoms with Crippen molar-refractivity contribution in [2.45, 2.75) is 91.3 Å². The number of phenolic OH excluding ortho intramolecular Hbond substituents is 1. The summed E-state index contributed by atoms with van der Waals surface area (Å²) in [6.07, 6.45) is 3.51. The number of hydrogen-bond acceptors (Lipinski definition) is 5. The van der Waals surface area contributed by atoms with E-state index in [1.807, 2.05) is 13.8 Å². The topological polar surface area (TPSA) is 108 Å². The van der Waals surface area contributed by atoms with Gasteiger partial charge in [0.2, 0.25) is 11.8 Å². The van der Waals surface area contributed by atoms with Crippen molar-refractivity contribution in [3.8, 4) is 5.75 Å². The standard InChI is InChI=1S/C25H41N3O5/c1-7-9-12-16-28(21(30)17-26-24(32)33-25(4,5)6)22(19-14-10-11-15-20(19)29)23(31)27-18(3)13-8-2/h10-11,14-15,18,22,29H,7-9,12-13,16-17H2,1-6H3,(H,26,32)(H,27,31). The van der Waals surface area contributed by atoms with Gasteiger partial charge in [-0.3, -0.25) is 9.59 Å². The first-order valence-electron chi connectivity index (χ1n) is 11.8. The maximum atomic E-state index is 13.4. The summed E-state index contributed by atoms with van der Waals surface area (Å²) >= 11 is 0. The Morgan fingerprint density at radius 3 is 2.33 bits per heavy atom. The van der Waals surface area contributed by atoms with Crippen molar-refractivity contribution in [3.63, 3.8) is 0 Å². The number of benzene rings is 1. The van der Waals surface area contributed by atoms with Gasteiger partial charge in [0, 0.05) is 18.2 Å². The molecule has 0 spiro atoms.